The van der Waals surface area contributed by atoms with Crippen LogP contribution in [0, 0.1) is 0 Å². The number of aliphatic hydroxyl groups excluding tert-OH is 1. The van der Waals surface area contributed by atoms with E-state index in [4.69, 9.17) is 4.74 Å². The van der Waals surface area contributed by atoms with E-state index in [0.717, 1.165) is 13.0 Å². The smallest absolute Gasteiger partial charge is 0.0897 e. The minimum absolute atomic E-state index is 0.195. The Labute approximate surface area is 99.0 Å². The van der Waals surface area contributed by atoms with Crippen molar-refractivity contribution in [1.82, 2.24) is 10.2 Å². The van der Waals surface area contributed by atoms with Crippen molar-refractivity contribution < 1.29 is 9.84 Å². The van der Waals surface area contributed by atoms with E-state index in [-0.39, 0.29) is 12.2 Å². The van der Waals surface area contributed by atoms with Gasteiger partial charge in [0, 0.05) is 6.54 Å². The third-order valence-corrected chi connectivity index (χ3v) is 2.78. The molecule has 4 nitrogen and oxygen atoms in total. The van der Waals surface area contributed by atoms with Crippen LogP contribution in [0.2, 0.25) is 0 Å². The summed E-state index contributed by atoms with van der Waals surface area (Å²) >= 11 is 0. The van der Waals surface area contributed by atoms with E-state index in [2.05, 4.69) is 10.2 Å². The first-order valence-corrected chi connectivity index (χ1v) is 6.41. The van der Waals surface area contributed by atoms with E-state index in [9.17, 15) is 5.11 Å². The Morgan fingerprint density at radius 1 is 1.38 bits per heavy atom. The summed E-state index contributed by atoms with van der Waals surface area (Å²) in [7, 11) is 0. The highest BCUT2D eigenvalue weighted by molar-refractivity contribution is 4.68. The first-order chi connectivity index (χ1) is 7.68. The molecular weight excluding hydrogens is 204 g/mol. The van der Waals surface area contributed by atoms with E-state index in [1.54, 1.807) is 0 Å². The van der Waals surface area contributed by atoms with E-state index >= 15 is 0 Å². The number of nitrogens with one attached hydrogen (secondary N) is 1. The predicted octanol–water partition coefficient (Wildman–Crippen LogP) is 0.458. The molecule has 1 atom stereocenters. The second-order valence-electron chi connectivity index (χ2n) is 4.79. The van der Waals surface area contributed by atoms with Gasteiger partial charge in [-0.15, -0.1) is 0 Å². The molecule has 0 unspecified atom stereocenters. The van der Waals surface area contributed by atoms with Gasteiger partial charge in [-0.05, 0) is 52.9 Å². The number of hydrogen-bond acceptors (Lipinski definition) is 4. The van der Waals surface area contributed by atoms with Gasteiger partial charge < -0.3 is 20.1 Å². The Balaban J connectivity index is 1.82. The fourth-order valence-corrected chi connectivity index (χ4v) is 1.66. The summed E-state index contributed by atoms with van der Waals surface area (Å²) in [6.07, 6.45) is 2.34. The highest BCUT2D eigenvalue weighted by atomic mass is 16.5. The average Bonchev–Trinajstić information content (AvgIpc) is 2.17. The van der Waals surface area contributed by atoms with Crippen LogP contribution in [0.15, 0.2) is 0 Å². The molecule has 0 aliphatic carbocycles. The van der Waals surface area contributed by atoms with Crippen molar-refractivity contribution in [3.63, 3.8) is 0 Å². The lowest BCUT2D eigenvalue weighted by Gasteiger charge is -2.30. The Bertz CT molecular complexity index is 172. The molecule has 96 valence electrons. The molecule has 1 aliphatic rings. The van der Waals surface area contributed by atoms with Gasteiger partial charge in [0.05, 0.1) is 18.8 Å². The molecule has 1 fully saturated rings. The van der Waals surface area contributed by atoms with Crippen LogP contribution in [0.25, 0.3) is 0 Å². The zero-order valence-electron chi connectivity index (χ0n) is 10.6. The van der Waals surface area contributed by atoms with Crippen LogP contribution in [-0.2, 0) is 4.74 Å². The van der Waals surface area contributed by atoms with Crippen LogP contribution in [0.4, 0.5) is 0 Å². The number of likely N-dealkylation sites (tertiary alicyclic amines) is 1. The van der Waals surface area contributed by atoms with Gasteiger partial charge in [-0.1, -0.05) is 0 Å². The van der Waals surface area contributed by atoms with Crippen LogP contribution in [0.3, 0.4) is 0 Å². The van der Waals surface area contributed by atoms with Crippen molar-refractivity contribution in [3.05, 3.63) is 0 Å². The number of ether oxygens (including phenoxy) is 1. The van der Waals surface area contributed by atoms with Crippen LogP contribution >= 0.6 is 0 Å². The van der Waals surface area contributed by atoms with Gasteiger partial charge in [-0.25, -0.2) is 0 Å². The van der Waals surface area contributed by atoms with Crippen molar-refractivity contribution in [1.29, 1.82) is 0 Å². The molecule has 0 aromatic carbocycles. The van der Waals surface area contributed by atoms with Crippen molar-refractivity contribution in [2.75, 3.05) is 39.3 Å². The van der Waals surface area contributed by atoms with Crippen LogP contribution in [0.1, 0.15) is 26.7 Å². The highest BCUT2D eigenvalue weighted by Gasteiger charge is 2.12. The summed E-state index contributed by atoms with van der Waals surface area (Å²) < 4.78 is 5.33. The quantitative estimate of drug-likeness (QED) is 0.565. The molecular formula is C12H26N2O2. The fraction of sp³-hybridized carbons (Fsp3) is 1.00. The third kappa shape index (κ3) is 6.43. The summed E-state index contributed by atoms with van der Waals surface area (Å²) in [6, 6.07) is 0. The maximum Gasteiger partial charge on any atom is 0.0897 e. The van der Waals surface area contributed by atoms with Crippen molar-refractivity contribution in [3.8, 4) is 0 Å². The molecule has 1 rings (SSSR count). The molecule has 0 spiro atoms. The van der Waals surface area contributed by atoms with Gasteiger partial charge in [0.25, 0.3) is 0 Å². The molecule has 0 aromatic heterocycles. The largest absolute Gasteiger partial charge is 0.389 e. The van der Waals surface area contributed by atoms with Gasteiger partial charge in [0.1, 0.15) is 0 Å². The lowest BCUT2D eigenvalue weighted by atomic mass is 10.2. The van der Waals surface area contributed by atoms with E-state index in [0.29, 0.717) is 13.2 Å². The highest BCUT2D eigenvalue weighted by Crippen LogP contribution is 2.04. The average molecular weight is 230 g/mol. The van der Waals surface area contributed by atoms with Gasteiger partial charge in [0.15, 0.2) is 0 Å². The standard InChI is InChI=1S/C12H26N2O2/c1-11(2)16-10-12(15)9-13-5-3-6-14-7-4-8-14/h11-13,15H,3-10H2,1-2H3/t12-/m0/s1. The Kier molecular flexibility index (Phi) is 6.96. The summed E-state index contributed by atoms with van der Waals surface area (Å²) in [6.45, 7) is 9.72. The summed E-state index contributed by atoms with van der Waals surface area (Å²) in [5, 5.41) is 12.8. The van der Waals surface area contributed by atoms with Gasteiger partial charge in [-0.3, -0.25) is 0 Å². The maximum absolute atomic E-state index is 9.57. The van der Waals surface area contributed by atoms with Crippen LogP contribution in [-0.4, -0.2) is 61.5 Å². The monoisotopic (exact) mass is 230 g/mol. The second-order valence-corrected chi connectivity index (χ2v) is 4.79. The maximum atomic E-state index is 9.57. The zero-order valence-corrected chi connectivity index (χ0v) is 10.6. The molecule has 0 radical (unpaired) electrons. The number of nitrogens with zero attached hydrogens (tertiary/aromatic N) is 1. The van der Waals surface area contributed by atoms with Crippen LogP contribution in [0.5, 0.6) is 0 Å². The van der Waals surface area contributed by atoms with E-state index in [1.807, 2.05) is 13.8 Å². The normalized spacial score (nSPS) is 18.8. The molecule has 2 N–H and O–H groups in total. The third-order valence-electron chi connectivity index (χ3n) is 2.78. The van der Waals surface area contributed by atoms with Gasteiger partial charge in [0.2, 0.25) is 0 Å². The lowest BCUT2D eigenvalue weighted by molar-refractivity contribution is 0.00638. The zero-order chi connectivity index (χ0) is 11.8. The summed E-state index contributed by atoms with van der Waals surface area (Å²) in [5.41, 5.74) is 0. The van der Waals surface area contributed by atoms with E-state index in [1.165, 1.54) is 26.1 Å². The molecule has 1 saturated heterocycles. The molecule has 0 bridgehead atoms. The lowest BCUT2D eigenvalue weighted by Crippen LogP contribution is -2.39. The van der Waals surface area contributed by atoms with E-state index < -0.39 is 0 Å². The minimum Gasteiger partial charge on any atom is -0.389 e. The number of aliphatic hydroxyl groups is 1. The topological polar surface area (TPSA) is 44.7 Å². The molecule has 1 heterocycles. The fourth-order valence-electron chi connectivity index (χ4n) is 1.66. The molecule has 0 amide bonds. The van der Waals surface area contributed by atoms with Crippen molar-refractivity contribution >= 4 is 0 Å². The predicted molar refractivity (Wildman–Crippen MR) is 65.6 cm³/mol. The number of hydrogen-bond donors (Lipinski definition) is 2. The number of rotatable bonds is 9. The van der Waals surface area contributed by atoms with Gasteiger partial charge >= 0.3 is 0 Å². The Morgan fingerprint density at radius 2 is 2.12 bits per heavy atom. The first kappa shape index (κ1) is 13.9. The first-order valence-electron chi connectivity index (χ1n) is 6.41. The van der Waals surface area contributed by atoms with Crippen LogP contribution < -0.4 is 5.32 Å². The molecule has 0 aromatic rings. The minimum atomic E-state index is -0.383. The SMILES string of the molecule is CC(C)OC[C@@H](O)CNCCCN1CCC1. The molecule has 16 heavy (non-hydrogen) atoms. The molecule has 1 aliphatic heterocycles. The summed E-state index contributed by atoms with van der Waals surface area (Å²) in [5.74, 6) is 0. The van der Waals surface area contributed by atoms with Gasteiger partial charge in [-0.2, -0.15) is 0 Å². The Morgan fingerprint density at radius 3 is 2.69 bits per heavy atom. The summed E-state index contributed by atoms with van der Waals surface area (Å²) in [4.78, 5) is 2.46. The van der Waals surface area contributed by atoms with Crippen molar-refractivity contribution in [2.24, 2.45) is 0 Å². The van der Waals surface area contributed by atoms with Crippen molar-refractivity contribution in [2.45, 2.75) is 38.9 Å². The Hall–Kier alpha value is -0.160. The molecule has 0 saturated carbocycles. The second kappa shape index (κ2) is 8.01. The molecule has 4 heteroatoms.